The molecule has 0 saturated carbocycles. The summed E-state index contributed by atoms with van der Waals surface area (Å²) in [5.41, 5.74) is 0.542. The van der Waals surface area contributed by atoms with Gasteiger partial charge in [0.05, 0.1) is 18.2 Å². The lowest BCUT2D eigenvalue weighted by atomic mass is 10.2. The zero-order valence-corrected chi connectivity index (χ0v) is 11.7. The molecule has 0 spiro atoms. The molecule has 1 rings (SSSR count). The van der Waals surface area contributed by atoms with Crippen molar-refractivity contribution in [3.05, 3.63) is 32.4 Å². The van der Waals surface area contributed by atoms with Gasteiger partial charge in [0.2, 0.25) is 0 Å². The van der Waals surface area contributed by atoms with Crippen LogP contribution in [0.4, 0.5) is 0 Å². The third-order valence-electron chi connectivity index (χ3n) is 2.22. The summed E-state index contributed by atoms with van der Waals surface area (Å²) in [5, 5.41) is 12.3. The van der Waals surface area contributed by atoms with Gasteiger partial charge in [-0.2, -0.15) is 0 Å². The van der Waals surface area contributed by atoms with Crippen molar-refractivity contribution >= 4 is 40.1 Å². The van der Waals surface area contributed by atoms with Gasteiger partial charge in [0.15, 0.2) is 0 Å². The fraction of sp³-hybridized carbons (Fsp3) is 0.364. The molecule has 5 heteroatoms. The number of aliphatic hydroxyl groups is 1. The molecule has 1 atom stereocenters. The topological polar surface area (TPSA) is 49.3 Å². The molecule has 88 valence electrons. The minimum atomic E-state index is -0.206. The number of halogens is 2. The summed E-state index contributed by atoms with van der Waals surface area (Å²) in [6.07, 6.45) is 0.694. The number of amides is 1. The summed E-state index contributed by atoms with van der Waals surface area (Å²) in [6, 6.07) is 4.95. The number of carbonyl (C=O) groups excluding carboxylic acids is 1. The van der Waals surface area contributed by atoms with Crippen LogP contribution in [0.25, 0.3) is 0 Å². The van der Waals surface area contributed by atoms with Crippen LogP contribution in [0.3, 0.4) is 0 Å². The Hall–Kier alpha value is -0.330. The van der Waals surface area contributed by atoms with E-state index in [1.807, 2.05) is 6.92 Å². The van der Waals surface area contributed by atoms with Gasteiger partial charge in [-0.05, 0) is 47.2 Å². The fourth-order valence-corrected chi connectivity index (χ4v) is 1.96. The highest BCUT2D eigenvalue weighted by Gasteiger charge is 2.14. The maximum absolute atomic E-state index is 11.9. The Bertz CT molecular complexity index is 380. The van der Waals surface area contributed by atoms with Crippen LogP contribution in [-0.2, 0) is 0 Å². The predicted octanol–water partition coefficient (Wildman–Crippen LogP) is 2.45. The largest absolute Gasteiger partial charge is 0.394 e. The number of hydrogen-bond donors (Lipinski definition) is 2. The summed E-state index contributed by atoms with van der Waals surface area (Å²) < 4.78 is 0.840. The molecule has 0 fully saturated rings. The predicted molar refractivity (Wildman–Crippen MR) is 72.8 cm³/mol. The normalized spacial score (nSPS) is 12.2. The van der Waals surface area contributed by atoms with Crippen LogP contribution in [0, 0.1) is 3.57 Å². The van der Waals surface area contributed by atoms with Crippen molar-refractivity contribution in [1.29, 1.82) is 0 Å². The van der Waals surface area contributed by atoms with E-state index in [1.165, 1.54) is 0 Å². The Morgan fingerprint density at radius 1 is 1.62 bits per heavy atom. The average Bonchev–Trinajstić information content (AvgIpc) is 2.28. The number of nitrogens with one attached hydrogen (secondary N) is 1. The van der Waals surface area contributed by atoms with Gasteiger partial charge in [0.25, 0.3) is 5.91 Å². The van der Waals surface area contributed by atoms with E-state index in [4.69, 9.17) is 16.7 Å². The molecule has 0 unspecified atom stereocenters. The highest BCUT2D eigenvalue weighted by Crippen LogP contribution is 2.18. The van der Waals surface area contributed by atoms with Crippen LogP contribution in [-0.4, -0.2) is 23.7 Å². The van der Waals surface area contributed by atoms with Crippen molar-refractivity contribution in [2.75, 3.05) is 6.61 Å². The highest BCUT2D eigenvalue weighted by molar-refractivity contribution is 14.1. The first kappa shape index (κ1) is 13.7. The van der Waals surface area contributed by atoms with Crippen LogP contribution in [0.2, 0.25) is 5.02 Å². The lowest BCUT2D eigenvalue weighted by Crippen LogP contribution is -2.37. The van der Waals surface area contributed by atoms with Gasteiger partial charge in [0.1, 0.15) is 0 Å². The monoisotopic (exact) mass is 353 g/mol. The van der Waals surface area contributed by atoms with Gasteiger partial charge in [-0.3, -0.25) is 4.79 Å². The molecule has 1 aromatic carbocycles. The van der Waals surface area contributed by atoms with Crippen molar-refractivity contribution < 1.29 is 9.90 Å². The second kappa shape index (κ2) is 6.42. The zero-order chi connectivity index (χ0) is 12.1. The Kier molecular flexibility index (Phi) is 5.51. The molecule has 16 heavy (non-hydrogen) atoms. The van der Waals surface area contributed by atoms with Crippen LogP contribution >= 0.6 is 34.2 Å². The van der Waals surface area contributed by atoms with E-state index in [9.17, 15) is 4.79 Å². The van der Waals surface area contributed by atoms with Crippen LogP contribution in [0.15, 0.2) is 18.2 Å². The number of hydrogen-bond acceptors (Lipinski definition) is 2. The number of carbonyl (C=O) groups is 1. The lowest BCUT2D eigenvalue weighted by molar-refractivity contribution is 0.0914. The van der Waals surface area contributed by atoms with E-state index in [0.717, 1.165) is 3.57 Å². The first-order valence-corrected chi connectivity index (χ1v) is 6.41. The molecular weight excluding hydrogens is 340 g/mol. The molecule has 0 aliphatic rings. The second-order valence-electron chi connectivity index (χ2n) is 3.39. The molecule has 2 N–H and O–H groups in total. The Labute approximate surface area is 113 Å². The van der Waals surface area contributed by atoms with Crippen molar-refractivity contribution in [2.45, 2.75) is 19.4 Å². The Morgan fingerprint density at radius 2 is 2.31 bits per heavy atom. The minimum absolute atomic E-state index is 0.0562. The average molecular weight is 354 g/mol. The van der Waals surface area contributed by atoms with Gasteiger partial charge in [-0.25, -0.2) is 0 Å². The summed E-state index contributed by atoms with van der Waals surface area (Å²) in [7, 11) is 0. The number of benzene rings is 1. The SMILES string of the molecule is CC[C@H](CO)NC(=O)c1cc(Cl)ccc1I. The van der Waals surface area contributed by atoms with Crippen molar-refractivity contribution in [3.63, 3.8) is 0 Å². The first-order chi connectivity index (χ1) is 7.58. The van der Waals surface area contributed by atoms with E-state index in [-0.39, 0.29) is 18.6 Å². The second-order valence-corrected chi connectivity index (χ2v) is 4.98. The van der Waals surface area contributed by atoms with Gasteiger partial charge in [-0.15, -0.1) is 0 Å². The number of rotatable bonds is 4. The van der Waals surface area contributed by atoms with E-state index in [0.29, 0.717) is 17.0 Å². The molecule has 1 amide bonds. The molecule has 0 aliphatic heterocycles. The summed E-state index contributed by atoms with van der Waals surface area (Å²) in [4.78, 5) is 11.9. The van der Waals surface area contributed by atoms with Crippen LogP contribution in [0.5, 0.6) is 0 Å². The third-order valence-corrected chi connectivity index (χ3v) is 3.40. The molecule has 0 aliphatic carbocycles. The quantitative estimate of drug-likeness (QED) is 0.817. The highest BCUT2D eigenvalue weighted by atomic mass is 127. The fourth-order valence-electron chi connectivity index (χ4n) is 1.21. The molecule has 0 aromatic heterocycles. The molecule has 3 nitrogen and oxygen atoms in total. The van der Waals surface area contributed by atoms with Crippen LogP contribution in [0.1, 0.15) is 23.7 Å². The molecule has 0 heterocycles. The Morgan fingerprint density at radius 3 is 2.88 bits per heavy atom. The first-order valence-electron chi connectivity index (χ1n) is 4.95. The van der Waals surface area contributed by atoms with Crippen LogP contribution < -0.4 is 5.32 Å². The maximum Gasteiger partial charge on any atom is 0.252 e. The summed E-state index contributed by atoms with van der Waals surface area (Å²) in [6.45, 7) is 1.85. The summed E-state index contributed by atoms with van der Waals surface area (Å²) in [5.74, 6) is -0.201. The van der Waals surface area contributed by atoms with Crippen molar-refractivity contribution in [1.82, 2.24) is 5.32 Å². The van der Waals surface area contributed by atoms with Gasteiger partial charge < -0.3 is 10.4 Å². The smallest absolute Gasteiger partial charge is 0.252 e. The number of aliphatic hydroxyl groups excluding tert-OH is 1. The van der Waals surface area contributed by atoms with Crippen molar-refractivity contribution in [2.24, 2.45) is 0 Å². The van der Waals surface area contributed by atoms with Gasteiger partial charge in [-0.1, -0.05) is 18.5 Å². The lowest BCUT2D eigenvalue weighted by Gasteiger charge is -2.14. The standard InChI is InChI=1S/C11H13ClINO2/c1-2-8(6-15)14-11(16)9-5-7(12)3-4-10(9)13/h3-5,8,15H,2,6H2,1H3,(H,14,16)/t8-/m1/s1. The Balaban J connectivity index is 2.83. The van der Waals surface area contributed by atoms with Crippen molar-refractivity contribution in [3.8, 4) is 0 Å². The molecular formula is C11H13ClINO2. The van der Waals surface area contributed by atoms with E-state index in [2.05, 4.69) is 27.9 Å². The molecule has 0 bridgehead atoms. The third kappa shape index (κ3) is 3.61. The van der Waals surface area contributed by atoms with Gasteiger partial charge in [0, 0.05) is 8.59 Å². The molecule has 0 radical (unpaired) electrons. The maximum atomic E-state index is 11.9. The molecule has 0 saturated heterocycles. The van der Waals surface area contributed by atoms with Gasteiger partial charge >= 0.3 is 0 Å². The minimum Gasteiger partial charge on any atom is -0.394 e. The van der Waals surface area contributed by atoms with E-state index >= 15 is 0 Å². The summed E-state index contributed by atoms with van der Waals surface area (Å²) >= 11 is 7.91. The zero-order valence-electron chi connectivity index (χ0n) is 8.84. The van der Waals surface area contributed by atoms with E-state index < -0.39 is 0 Å². The van der Waals surface area contributed by atoms with E-state index in [1.54, 1.807) is 18.2 Å². The molecule has 1 aromatic rings.